The molecule has 2 aromatic carbocycles. The van der Waals surface area contributed by atoms with Crippen LogP contribution in [0.4, 0.5) is 4.39 Å². The third kappa shape index (κ3) is 1.87. The van der Waals surface area contributed by atoms with Crippen molar-refractivity contribution in [1.29, 1.82) is 0 Å². The maximum absolute atomic E-state index is 13.3. The van der Waals surface area contributed by atoms with E-state index in [-0.39, 0.29) is 27.9 Å². The Hall–Kier alpha value is -2.76. The van der Waals surface area contributed by atoms with Gasteiger partial charge in [0.2, 0.25) is 0 Å². The lowest BCUT2D eigenvalue weighted by atomic mass is 10.0. The summed E-state index contributed by atoms with van der Waals surface area (Å²) in [5.41, 5.74) is 1.17. The Balaban J connectivity index is 2.58. The number of ketones is 1. The van der Waals surface area contributed by atoms with Gasteiger partial charge in [0, 0.05) is 28.7 Å². The number of hydrogen-bond acceptors (Lipinski definition) is 3. The summed E-state index contributed by atoms with van der Waals surface area (Å²) in [6.45, 7) is 3.08. The minimum atomic E-state index is -0.594. The highest BCUT2D eigenvalue weighted by molar-refractivity contribution is 5.99. The molecule has 0 atom stereocenters. The Morgan fingerprint density at radius 3 is 2.52 bits per heavy atom. The van der Waals surface area contributed by atoms with Gasteiger partial charge in [-0.1, -0.05) is 0 Å². The summed E-state index contributed by atoms with van der Waals surface area (Å²) in [4.78, 5) is 23.9. The lowest BCUT2D eigenvalue weighted by Gasteiger charge is -2.15. The fourth-order valence-corrected chi connectivity index (χ4v) is 2.48. The van der Waals surface area contributed by atoms with E-state index < -0.39 is 5.82 Å². The second-order valence-corrected chi connectivity index (χ2v) is 4.93. The van der Waals surface area contributed by atoms with Gasteiger partial charge in [-0.05, 0) is 31.5 Å². The Morgan fingerprint density at radius 1 is 1.19 bits per heavy atom. The lowest BCUT2D eigenvalue weighted by Crippen LogP contribution is -2.20. The van der Waals surface area contributed by atoms with E-state index in [9.17, 15) is 19.3 Å². The van der Waals surface area contributed by atoms with E-state index >= 15 is 0 Å². The quantitative estimate of drug-likeness (QED) is 0.392. The van der Waals surface area contributed by atoms with Crippen LogP contribution >= 0.6 is 0 Å². The number of fused-ring (bicyclic) bond motifs is 2. The number of hydrogen-bond donors (Lipinski definition) is 0. The molecular weight excluding hydrogens is 275 g/mol. The van der Waals surface area contributed by atoms with Gasteiger partial charge in [0.1, 0.15) is 16.9 Å². The van der Waals surface area contributed by atoms with Gasteiger partial charge >= 0.3 is 0 Å². The number of rotatable bonds is 1. The van der Waals surface area contributed by atoms with E-state index in [1.54, 1.807) is 6.92 Å². The molecule has 3 rings (SSSR count). The zero-order valence-corrected chi connectivity index (χ0v) is 11.4. The van der Waals surface area contributed by atoms with Crippen molar-refractivity contribution in [2.24, 2.45) is 0 Å². The Morgan fingerprint density at radius 2 is 1.86 bits per heavy atom. The number of nitrogens with zero attached hydrogens (tertiary/aromatic N) is 2. The van der Waals surface area contributed by atoms with Gasteiger partial charge in [-0.2, -0.15) is 0 Å². The van der Waals surface area contributed by atoms with Crippen LogP contribution < -0.4 is 4.43 Å². The van der Waals surface area contributed by atoms with Gasteiger partial charge < -0.3 is 9.94 Å². The monoisotopic (exact) mass is 286 g/mol. The first-order valence-corrected chi connectivity index (χ1v) is 6.30. The third-order valence-corrected chi connectivity index (χ3v) is 3.51. The van der Waals surface area contributed by atoms with Crippen molar-refractivity contribution in [3.05, 3.63) is 57.4 Å². The summed E-state index contributed by atoms with van der Waals surface area (Å²) < 4.78 is 14.3. The molecule has 0 fully saturated rings. The molecule has 0 amide bonds. The summed E-state index contributed by atoms with van der Waals surface area (Å²) >= 11 is 0. The number of aromatic nitrogens is 2. The first-order valence-electron chi connectivity index (χ1n) is 6.30. The summed E-state index contributed by atoms with van der Waals surface area (Å²) in [5, 5.41) is 12.3. The van der Waals surface area contributed by atoms with Crippen LogP contribution in [0, 0.1) is 22.9 Å². The average Bonchev–Trinajstić information content (AvgIpc) is 2.44. The highest BCUT2D eigenvalue weighted by Crippen LogP contribution is 2.21. The number of halogens is 1. The minimum Gasteiger partial charge on any atom is -0.805 e. The normalized spacial score (nSPS) is 11.2. The van der Waals surface area contributed by atoms with Crippen molar-refractivity contribution in [2.45, 2.75) is 13.8 Å². The maximum atomic E-state index is 13.3. The van der Waals surface area contributed by atoms with Gasteiger partial charge in [-0.15, -0.1) is 0 Å². The summed E-state index contributed by atoms with van der Waals surface area (Å²) in [6, 6.07) is 6.25. The number of Topliss-reactive ketones (excluding diaryl/α,β-unsaturated/α-hetero) is 1. The SMILES string of the molecule is CC(=O)c1cc2c(cc1C)n([O-])c1cc(F)ccc1[n+]2=O. The zero-order chi connectivity index (χ0) is 15.3. The summed E-state index contributed by atoms with van der Waals surface area (Å²) in [6.07, 6.45) is 0. The molecule has 0 aliphatic carbocycles. The molecule has 106 valence electrons. The van der Waals surface area contributed by atoms with Crippen LogP contribution in [-0.2, 0) is 0 Å². The van der Waals surface area contributed by atoms with Gasteiger partial charge in [0.25, 0.3) is 11.0 Å². The van der Waals surface area contributed by atoms with Crippen LogP contribution in [-0.4, -0.2) is 10.5 Å². The van der Waals surface area contributed by atoms with E-state index in [0.717, 1.165) is 12.1 Å². The van der Waals surface area contributed by atoms with Crippen LogP contribution in [0.15, 0.2) is 30.3 Å². The molecule has 0 aliphatic rings. The molecule has 21 heavy (non-hydrogen) atoms. The van der Waals surface area contributed by atoms with Crippen LogP contribution in [0.5, 0.6) is 0 Å². The van der Waals surface area contributed by atoms with Crippen molar-refractivity contribution in [3.63, 3.8) is 0 Å². The Labute approximate surface area is 118 Å². The molecule has 3 aromatic rings. The van der Waals surface area contributed by atoms with Crippen molar-refractivity contribution in [3.8, 4) is 0 Å². The molecule has 1 aromatic heterocycles. The number of aryl methyl sites for hydroxylation is 1. The molecule has 0 bridgehead atoms. The predicted octanol–water partition coefficient (Wildman–Crippen LogP) is 2.71. The van der Waals surface area contributed by atoms with Crippen molar-refractivity contribution >= 4 is 27.9 Å². The number of carbonyl (C=O) groups excluding carboxylic acids is 1. The lowest BCUT2D eigenvalue weighted by molar-refractivity contribution is -0.432. The molecule has 0 N–H and O–H groups in total. The first-order chi connectivity index (χ1) is 9.90. The Bertz CT molecular complexity index is 976. The second kappa shape index (κ2) is 4.37. The van der Waals surface area contributed by atoms with Crippen molar-refractivity contribution in [1.82, 2.24) is 4.73 Å². The topological polar surface area (TPSA) is 68.0 Å². The zero-order valence-electron chi connectivity index (χ0n) is 11.4. The van der Waals surface area contributed by atoms with Gasteiger partial charge in [0.15, 0.2) is 5.78 Å². The summed E-state index contributed by atoms with van der Waals surface area (Å²) in [5.74, 6) is -0.783. The molecule has 5 nitrogen and oxygen atoms in total. The highest BCUT2D eigenvalue weighted by atomic mass is 19.1. The molecule has 0 aliphatic heterocycles. The number of carbonyl (C=O) groups is 1. The maximum Gasteiger partial charge on any atom is 0.287 e. The van der Waals surface area contributed by atoms with E-state index in [4.69, 9.17) is 0 Å². The molecule has 6 heteroatoms. The van der Waals surface area contributed by atoms with Crippen LogP contribution in [0.1, 0.15) is 22.8 Å². The smallest absolute Gasteiger partial charge is 0.287 e. The van der Waals surface area contributed by atoms with Gasteiger partial charge in [-0.3, -0.25) is 4.79 Å². The van der Waals surface area contributed by atoms with E-state index in [1.807, 2.05) is 0 Å². The van der Waals surface area contributed by atoms with Crippen LogP contribution in [0.25, 0.3) is 22.1 Å². The van der Waals surface area contributed by atoms with E-state index in [2.05, 4.69) is 0 Å². The first kappa shape index (κ1) is 13.2. The average molecular weight is 286 g/mol. The van der Waals surface area contributed by atoms with Crippen molar-refractivity contribution < 1.29 is 13.6 Å². The molecule has 1 heterocycles. The van der Waals surface area contributed by atoms with E-state index in [1.165, 1.54) is 25.1 Å². The number of benzene rings is 2. The molecule has 0 spiro atoms. The standard InChI is InChI=1S/C15H11FN2O3/c1-8-5-13-15(7-11(8)9(2)19)17(20)12-4-3-10(16)6-14(12)18(13)21/h3-7H,1-2H3. The van der Waals surface area contributed by atoms with Crippen molar-refractivity contribution in [2.75, 3.05) is 0 Å². The molecule has 0 saturated carbocycles. The fraction of sp³-hybridized carbons (Fsp3) is 0.133. The third-order valence-electron chi connectivity index (χ3n) is 3.51. The minimum absolute atomic E-state index is 0.0486. The second-order valence-electron chi connectivity index (χ2n) is 4.93. The molecular formula is C15H11FN2O3. The van der Waals surface area contributed by atoms with Gasteiger partial charge in [0.05, 0.1) is 4.43 Å². The molecule has 0 radical (unpaired) electrons. The van der Waals surface area contributed by atoms with Gasteiger partial charge in [-0.25, -0.2) is 4.39 Å². The fourth-order valence-electron chi connectivity index (χ4n) is 2.48. The largest absolute Gasteiger partial charge is 0.805 e. The predicted molar refractivity (Wildman–Crippen MR) is 76.3 cm³/mol. The summed E-state index contributed by atoms with van der Waals surface area (Å²) in [7, 11) is 0. The Kier molecular flexibility index (Phi) is 2.76. The van der Waals surface area contributed by atoms with Crippen LogP contribution in [0.2, 0.25) is 0 Å². The molecule has 0 unspecified atom stereocenters. The molecule has 0 saturated heterocycles. The van der Waals surface area contributed by atoms with Crippen LogP contribution in [0.3, 0.4) is 0 Å². The van der Waals surface area contributed by atoms with E-state index in [0.29, 0.717) is 20.3 Å². The highest BCUT2D eigenvalue weighted by Gasteiger charge is 2.19.